The first-order valence-corrected chi connectivity index (χ1v) is 7.84. The molecular formula is C17H16ClN3O2. The first-order valence-electron chi connectivity index (χ1n) is 7.46. The van der Waals surface area contributed by atoms with E-state index >= 15 is 0 Å². The van der Waals surface area contributed by atoms with Gasteiger partial charge in [-0.3, -0.25) is 14.0 Å². The fourth-order valence-corrected chi connectivity index (χ4v) is 2.82. The predicted molar refractivity (Wildman–Crippen MR) is 91.2 cm³/mol. The molecule has 118 valence electrons. The van der Waals surface area contributed by atoms with Crippen molar-refractivity contribution >= 4 is 34.1 Å². The summed E-state index contributed by atoms with van der Waals surface area (Å²) in [5.41, 5.74) is 1.08. The van der Waals surface area contributed by atoms with Crippen molar-refractivity contribution in [2.24, 2.45) is 0 Å². The molecule has 1 aromatic carbocycles. The van der Waals surface area contributed by atoms with Gasteiger partial charge in [0, 0.05) is 24.3 Å². The van der Waals surface area contributed by atoms with Gasteiger partial charge in [0.25, 0.3) is 11.5 Å². The quantitative estimate of drug-likeness (QED) is 0.694. The van der Waals surface area contributed by atoms with Gasteiger partial charge in [-0.25, -0.2) is 4.98 Å². The summed E-state index contributed by atoms with van der Waals surface area (Å²) in [6.07, 6.45) is 1.62. The molecule has 0 aliphatic carbocycles. The zero-order chi connectivity index (χ0) is 16.6. The summed E-state index contributed by atoms with van der Waals surface area (Å²) in [7, 11) is 0. The lowest BCUT2D eigenvalue weighted by molar-refractivity contribution is 0.0774. The van der Waals surface area contributed by atoms with Crippen LogP contribution < -0.4 is 5.56 Å². The van der Waals surface area contributed by atoms with Crippen LogP contribution in [0.3, 0.4) is 0 Å². The highest BCUT2D eigenvalue weighted by molar-refractivity contribution is 6.31. The van der Waals surface area contributed by atoms with E-state index in [-0.39, 0.29) is 11.5 Å². The number of carbonyl (C=O) groups excluding carboxylic acids is 1. The summed E-state index contributed by atoms with van der Waals surface area (Å²) in [5.74, 6) is -0.131. The Kier molecular flexibility index (Phi) is 4.05. The number of aromatic nitrogens is 2. The van der Waals surface area contributed by atoms with E-state index in [1.165, 1.54) is 4.40 Å². The van der Waals surface area contributed by atoms with Gasteiger partial charge in [-0.05, 0) is 44.2 Å². The van der Waals surface area contributed by atoms with E-state index in [9.17, 15) is 9.59 Å². The lowest BCUT2D eigenvalue weighted by Crippen LogP contribution is -2.31. The molecule has 2 heterocycles. The van der Waals surface area contributed by atoms with Crippen molar-refractivity contribution in [2.45, 2.75) is 13.8 Å². The van der Waals surface area contributed by atoms with Crippen molar-refractivity contribution in [2.75, 3.05) is 13.1 Å². The summed E-state index contributed by atoms with van der Waals surface area (Å²) >= 11 is 5.97. The van der Waals surface area contributed by atoms with Crippen LogP contribution in [0, 0.1) is 0 Å². The fraction of sp³-hybridized carbons (Fsp3) is 0.235. The van der Waals surface area contributed by atoms with Crippen molar-refractivity contribution in [3.63, 3.8) is 0 Å². The second-order valence-corrected chi connectivity index (χ2v) is 5.61. The third-order valence-corrected chi connectivity index (χ3v) is 4.12. The molecule has 0 saturated carbocycles. The molecule has 0 aliphatic rings. The van der Waals surface area contributed by atoms with Crippen LogP contribution in [-0.4, -0.2) is 33.3 Å². The van der Waals surface area contributed by atoms with Crippen LogP contribution in [0.4, 0.5) is 0 Å². The van der Waals surface area contributed by atoms with E-state index in [0.29, 0.717) is 40.2 Å². The molecule has 0 aliphatic heterocycles. The van der Waals surface area contributed by atoms with E-state index < -0.39 is 0 Å². The first-order chi connectivity index (χ1) is 11.1. The normalized spacial score (nSPS) is 11.1. The van der Waals surface area contributed by atoms with Crippen LogP contribution in [0.5, 0.6) is 0 Å². The molecule has 0 fully saturated rings. The van der Waals surface area contributed by atoms with E-state index in [0.717, 1.165) is 0 Å². The monoisotopic (exact) mass is 329 g/mol. The molecule has 2 aromatic heterocycles. The average molecular weight is 330 g/mol. The Bertz CT molecular complexity index is 961. The Morgan fingerprint density at radius 3 is 2.70 bits per heavy atom. The number of fused-ring (bicyclic) bond motifs is 2. The summed E-state index contributed by atoms with van der Waals surface area (Å²) in [5, 5.41) is 0.911. The smallest absolute Gasteiger partial charge is 0.265 e. The number of amides is 1. The summed E-state index contributed by atoms with van der Waals surface area (Å²) < 4.78 is 1.40. The zero-order valence-corrected chi connectivity index (χ0v) is 13.7. The lowest BCUT2D eigenvalue weighted by Gasteiger charge is -2.19. The Balaban J connectivity index is 2.34. The molecule has 0 bridgehead atoms. The Hall–Kier alpha value is -2.40. The Morgan fingerprint density at radius 1 is 1.26 bits per heavy atom. The van der Waals surface area contributed by atoms with Gasteiger partial charge in [-0.2, -0.15) is 0 Å². The molecule has 0 spiro atoms. The molecule has 0 saturated heterocycles. The molecule has 1 amide bonds. The standard InChI is InChI=1S/C17H16ClN3O2/c1-3-20(4-2)16(22)12-6-5-9-21-15(12)19-14-8-7-11(18)10-13(14)17(21)23/h5-10H,3-4H2,1-2H3. The van der Waals surface area contributed by atoms with Crippen LogP contribution in [0.2, 0.25) is 5.02 Å². The van der Waals surface area contributed by atoms with Crippen LogP contribution >= 0.6 is 11.6 Å². The zero-order valence-electron chi connectivity index (χ0n) is 12.9. The number of carbonyl (C=O) groups is 1. The number of nitrogens with zero attached hydrogens (tertiary/aromatic N) is 3. The number of hydrogen-bond acceptors (Lipinski definition) is 3. The van der Waals surface area contributed by atoms with Crippen molar-refractivity contribution in [1.82, 2.24) is 14.3 Å². The maximum absolute atomic E-state index is 12.7. The van der Waals surface area contributed by atoms with Gasteiger partial charge in [-0.15, -0.1) is 0 Å². The highest BCUT2D eigenvalue weighted by Crippen LogP contribution is 2.18. The largest absolute Gasteiger partial charge is 0.339 e. The van der Waals surface area contributed by atoms with Gasteiger partial charge in [0.1, 0.15) is 0 Å². The molecule has 0 radical (unpaired) electrons. The topological polar surface area (TPSA) is 54.7 Å². The maximum atomic E-state index is 12.7. The van der Waals surface area contributed by atoms with Crippen LogP contribution in [0.15, 0.2) is 41.3 Å². The number of benzene rings is 1. The van der Waals surface area contributed by atoms with Crippen molar-refractivity contribution in [3.8, 4) is 0 Å². The molecule has 23 heavy (non-hydrogen) atoms. The molecule has 0 atom stereocenters. The van der Waals surface area contributed by atoms with Gasteiger partial charge in [-0.1, -0.05) is 11.6 Å². The van der Waals surface area contributed by atoms with Gasteiger partial charge in [0.05, 0.1) is 16.5 Å². The number of halogens is 1. The molecule has 5 nitrogen and oxygen atoms in total. The summed E-state index contributed by atoms with van der Waals surface area (Å²) in [4.78, 5) is 31.5. The minimum Gasteiger partial charge on any atom is -0.339 e. The maximum Gasteiger partial charge on any atom is 0.265 e. The third-order valence-electron chi connectivity index (χ3n) is 3.88. The summed E-state index contributed by atoms with van der Waals surface area (Å²) in [6.45, 7) is 5.04. The van der Waals surface area contributed by atoms with Gasteiger partial charge in [0.15, 0.2) is 5.65 Å². The minimum absolute atomic E-state index is 0.131. The molecule has 3 rings (SSSR count). The molecule has 3 aromatic rings. The van der Waals surface area contributed by atoms with E-state index in [1.807, 2.05) is 13.8 Å². The molecule has 0 N–H and O–H groups in total. The van der Waals surface area contributed by atoms with Gasteiger partial charge in [0.2, 0.25) is 0 Å². The minimum atomic E-state index is -0.235. The van der Waals surface area contributed by atoms with Crippen LogP contribution in [0.25, 0.3) is 16.6 Å². The average Bonchev–Trinajstić information content (AvgIpc) is 2.56. The van der Waals surface area contributed by atoms with E-state index in [1.54, 1.807) is 41.4 Å². The second kappa shape index (κ2) is 6.01. The van der Waals surface area contributed by atoms with Crippen molar-refractivity contribution in [1.29, 1.82) is 0 Å². The third kappa shape index (κ3) is 2.57. The van der Waals surface area contributed by atoms with Crippen molar-refractivity contribution in [3.05, 3.63) is 57.5 Å². The summed E-state index contributed by atoms with van der Waals surface area (Å²) in [6, 6.07) is 8.35. The first kappa shape index (κ1) is 15.5. The lowest BCUT2D eigenvalue weighted by atomic mass is 10.2. The van der Waals surface area contributed by atoms with Crippen LogP contribution in [-0.2, 0) is 0 Å². The molecular weight excluding hydrogens is 314 g/mol. The Labute approximate surface area is 138 Å². The number of pyridine rings is 1. The number of hydrogen-bond donors (Lipinski definition) is 0. The van der Waals surface area contributed by atoms with Gasteiger partial charge < -0.3 is 4.90 Å². The highest BCUT2D eigenvalue weighted by Gasteiger charge is 2.18. The van der Waals surface area contributed by atoms with Crippen LogP contribution in [0.1, 0.15) is 24.2 Å². The Morgan fingerprint density at radius 2 is 2.00 bits per heavy atom. The molecule has 0 unspecified atom stereocenters. The number of rotatable bonds is 3. The van der Waals surface area contributed by atoms with E-state index in [2.05, 4.69) is 4.98 Å². The SMILES string of the molecule is CCN(CC)C(=O)c1cccn2c(=O)c3cc(Cl)ccc3nc12. The molecule has 6 heteroatoms. The van der Waals surface area contributed by atoms with Gasteiger partial charge >= 0.3 is 0 Å². The fourth-order valence-electron chi connectivity index (χ4n) is 2.65. The van der Waals surface area contributed by atoms with E-state index in [4.69, 9.17) is 11.6 Å². The second-order valence-electron chi connectivity index (χ2n) is 5.17. The highest BCUT2D eigenvalue weighted by atomic mass is 35.5. The predicted octanol–water partition coefficient (Wildman–Crippen LogP) is 2.98. The van der Waals surface area contributed by atoms with Crippen molar-refractivity contribution < 1.29 is 4.79 Å².